The van der Waals surface area contributed by atoms with E-state index in [0.717, 1.165) is 25.9 Å². The summed E-state index contributed by atoms with van der Waals surface area (Å²) in [6.07, 6.45) is 4.54. The van der Waals surface area contributed by atoms with Crippen LogP contribution in [0.4, 0.5) is 0 Å². The predicted molar refractivity (Wildman–Crippen MR) is 69.1 cm³/mol. The standard InChI is InChI=1S/C12H18BrNO3/c1-2-3-7-16-8-4-6-14-12(15)10-5-9-17-11(10)13/h5,9H,2-4,6-8H2,1H3,(H,14,15). The van der Waals surface area contributed by atoms with Crippen LogP contribution in [0, 0.1) is 0 Å². The van der Waals surface area contributed by atoms with Gasteiger partial charge in [-0.2, -0.15) is 0 Å². The van der Waals surface area contributed by atoms with E-state index in [0.29, 0.717) is 23.4 Å². The summed E-state index contributed by atoms with van der Waals surface area (Å²) in [6, 6.07) is 1.64. The molecule has 17 heavy (non-hydrogen) atoms. The molecule has 0 aliphatic rings. The lowest BCUT2D eigenvalue weighted by Crippen LogP contribution is -2.25. The Morgan fingerprint density at radius 3 is 2.88 bits per heavy atom. The fraction of sp³-hybridized carbons (Fsp3) is 0.583. The van der Waals surface area contributed by atoms with Gasteiger partial charge in [0.2, 0.25) is 0 Å². The highest BCUT2D eigenvalue weighted by molar-refractivity contribution is 9.10. The Balaban J connectivity index is 2.07. The van der Waals surface area contributed by atoms with Crippen LogP contribution < -0.4 is 5.32 Å². The number of halogens is 1. The molecule has 1 aromatic heterocycles. The minimum absolute atomic E-state index is 0.126. The number of unbranched alkanes of at least 4 members (excludes halogenated alkanes) is 1. The van der Waals surface area contributed by atoms with Crippen LogP contribution in [0.2, 0.25) is 0 Å². The molecule has 0 unspecified atom stereocenters. The lowest BCUT2D eigenvalue weighted by Gasteiger charge is -2.05. The van der Waals surface area contributed by atoms with Gasteiger partial charge in [-0.05, 0) is 34.8 Å². The maximum Gasteiger partial charge on any atom is 0.255 e. The van der Waals surface area contributed by atoms with Crippen molar-refractivity contribution in [3.63, 3.8) is 0 Å². The molecule has 0 aliphatic heterocycles. The number of carbonyl (C=O) groups is 1. The molecule has 1 amide bonds. The average molecular weight is 304 g/mol. The molecule has 5 heteroatoms. The van der Waals surface area contributed by atoms with Crippen molar-refractivity contribution in [3.05, 3.63) is 22.6 Å². The number of hydrogen-bond acceptors (Lipinski definition) is 3. The van der Waals surface area contributed by atoms with E-state index in [9.17, 15) is 4.79 Å². The van der Waals surface area contributed by atoms with Gasteiger partial charge in [-0.3, -0.25) is 4.79 Å². The number of rotatable bonds is 8. The molecule has 0 spiro atoms. The molecule has 4 nitrogen and oxygen atoms in total. The Kier molecular flexibility index (Phi) is 6.96. The largest absolute Gasteiger partial charge is 0.457 e. The zero-order chi connectivity index (χ0) is 12.5. The van der Waals surface area contributed by atoms with Crippen LogP contribution in [0.15, 0.2) is 21.4 Å². The minimum Gasteiger partial charge on any atom is -0.457 e. The van der Waals surface area contributed by atoms with Gasteiger partial charge in [0.1, 0.15) is 0 Å². The first-order valence-electron chi connectivity index (χ1n) is 5.84. The Labute approximate surface area is 110 Å². The van der Waals surface area contributed by atoms with Crippen molar-refractivity contribution in [1.29, 1.82) is 0 Å². The quantitative estimate of drug-likeness (QED) is 0.751. The molecule has 0 aliphatic carbocycles. The van der Waals surface area contributed by atoms with Crippen molar-refractivity contribution in [1.82, 2.24) is 5.32 Å². The SMILES string of the molecule is CCCCOCCCNC(=O)c1ccoc1Br. The summed E-state index contributed by atoms with van der Waals surface area (Å²) in [5.74, 6) is -0.126. The third-order valence-electron chi connectivity index (χ3n) is 2.26. The van der Waals surface area contributed by atoms with Crippen molar-refractivity contribution in [3.8, 4) is 0 Å². The van der Waals surface area contributed by atoms with Crippen LogP contribution in [0.3, 0.4) is 0 Å². The second kappa shape index (κ2) is 8.31. The molecule has 0 bridgehead atoms. The molecule has 1 heterocycles. The Hall–Kier alpha value is -0.810. The van der Waals surface area contributed by atoms with E-state index < -0.39 is 0 Å². The van der Waals surface area contributed by atoms with Crippen LogP contribution in [0.25, 0.3) is 0 Å². The van der Waals surface area contributed by atoms with Gasteiger partial charge in [0.05, 0.1) is 11.8 Å². The van der Waals surface area contributed by atoms with E-state index in [-0.39, 0.29) is 5.91 Å². The Morgan fingerprint density at radius 2 is 2.24 bits per heavy atom. The van der Waals surface area contributed by atoms with Crippen LogP contribution >= 0.6 is 15.9 Å². The van der Waals surface area contributed by atoms with Crippen molar-refractivity contribution in [2.75, 3.05) is 19.8 Å². The first kappa shape index (κ1) is 14.3. The number of ether oxygens (including phenoxy) is 1. The Morgan fingerprint density at radius 1 is 1.47 bits per heavy atom. The lowest BCUT2D eigenvalue weighted by atomic mass is 10.3. The summed E-state index contributed by atoms with van der Waals surface area (Å²) in [6.45, 7) is 4.24. The second-order valence-corrected chi connectivity index (χ2v) is 4.40. The summed E-state index contributed by atoms with van der Waals surface area (Å²) in [4.78, 5) is 11.6. The van der Waals surface area contributed by atoms with E-state index >= 15 is 0 Å². The first-order chi connectivity index (χ1) is 8.25. The third-order valence-corrected chi connectivity index (χ3v) is 2.87. The zero-order valence-electron chi connectivity index (χ0n) is 10.0. The molecule has 0 fully saturated rings. The molecule has 0 atom stereocenters. The number of furan rings is 1. The summed E-state index contributed by atoms with van der Waals surface area (Å²) in [5.41, 5.74) is 0.525. The van der Waals surface area contributed by atoms with Crippen molar-refractivity contribution >= 4 is 21.8 Å². The van der Waals surface area contributed by atoms with Gasteiger partial charge in [-0.15, -0.1) is 0 Å². The molecule has 1 N–H and O–H groups in total. The number of carbonyl (C=O) groups excluding carboxylic acids is 1. The van der Waals surface area contributed by atoms with Gasteiger partial charge >= 0.3 is 0 Å². The van der Waals surface area contributed by atoms with E-state index in [1.807, 2.05) is 0 Å². The van der Waals surface area contributed by atoms with Crippen molar-refractivity contribution in [2.24, 2.45) is 0 Å². The molecule has 0 radical (unpaired) electrons. The molecular formula is C12H18BrNO3. The van der Waals surface area contributed by atoms with E-state index in [1.165, 1.54) is 6.26 Å². The minimum atomic E-state index is -0.126. The van der Waals surface area contributed by atoms with Gasteiger partial charge in [-0.25, -0.2) is 0 Å². The second-order valence-electron chi connectivity index (χ2n) is 3.68. The zero-order valence-corrected chi connectivity index (χ0v) is 11.6. The fourth-order valence-corrected chi connectivity index (χ4v) is 1.70. The summed E-state index contributed by atoms with van der Waals surface area (Å²) in [7, 11) is 0. The summed E-state index contributed by atoms with van der Waals surface area (Å²) < 4.78 is 10.8. The highest BCUT2D eigenvalue weighted by Gasteiger charge is 2.11. The van der Waals surface area contributed by atoms with Crippen molar-refractivity contribution < 1.29 is 13.9 Å². The first-order valence-corrected chi connectivity index (χ1v) is 6.64. The fourth-order valence-electron chi connectivity index (χ4n) is 1.28. The smallest absolute Gasteiger partial charge is 0.255 e. The summed E-state index contributed by atoms with van der Waals surface area (Å²) >= 11 is 3.17. The van der Waals surface area contributed by atoms with Crippen LogP contribution in [0.5, 0.6) is 0 Å². The highest BCUT2D eigenvalue weighted by atomic mass is 79.9. The van der Waals surface area contributed by atoms with Gasteiger partial charge in [0.25, 0.3) is 5.91 Å². The van der Waals surface area contributed by atoms with E-state index in [4.69, 9.17) is 9.15 Å². The molecule has 0 saturated heterocycles. The topological polar surface area (TPSA) is 51.5 Å². The monoisotopic (exact) mass is 303 g/mol. The maximum absolute atomic E-state index is 11.6. The molecule has 0 saturated carbocycles. The Bertz CT molecular complexity index is 338. The molecule has 0 aromatic carbocycles. The normalized spacial score (nSPS) is 10.5. The third kappa shape index (κ3) is 5.37. The lowest BCUT2D eigenvalue weighted by molar-refractivity contribution is 0.0939. The number of amides is 1. The molecule has 96 valence electrons. The van der Waals surface area contributed by atoms with Crippen LogP contribution in [-0.4, -0.2) is 25.7 Å². The van der Waals surface area contributed by atoms with Gasteiger partial charge in [-0.1, -0.05) is 13.3 Å². The number of hydrogen-bond donors (Lipinski definition) is 1. The van der Waals surface area contributed by atoms with Gasteiger partial charge in [0, 0.05) is 19.8 Å². The highest BCUT2D eigenvalue weighted by Crippen LogP contribution is 2.16. The van der Waals surface area contributed by atoms with E-state index in [2.05, 4.69) is 28.2 Å². The number of nitrogens with one attached hydrogen (secondary N) is 1. The predicted octanol–water partition coefficient (Wildman–Crippen LogP) is 2.98. The van der Waals surface area contributed by atoms with Crippen LogP contribution in [-0.2, 0) is 4.74 Å². The van der Waals surface area contributed by atoms with E-state index in [1.54, 1.807) is 6.07 Å². The average Bonchev–Trinajstić information content (AvgIpc) is 2.74. The molecular weight excluding hydrogens is 286 g/mol. The van der Waals surface area contributed by atoms with Crippen molar-refractivity contribution in [2.45, 2.75) is 26.2 Å². The van der Waals surface area contributed by atoms with Crippen LogP contribution in [0.1, 0.15) is 36.5 Å². The summed E-state index contributed by atoms with van der Waals surface area (Å²) in [5, 5.41) is 2.81. The molecule has 1 aromatic rings. The van der Waals surface area contributed by atoms with Gasteiger partial charge in [0.15, 0.2) is 4.67 Å². The molecule has 1 rings (SSSR count). The maximum atomic E-state index is 11.6. The van der Waals surface area contributed by atoms with Gasteiger partial charge < -0.3 is 14.5 Å².